The van der Waals surface area contributed by atoms with Crippen molar-refractivity contribution < 1.29 is 26.7 Å². The molecule has 2 rings (SSSR count). The van der Waals surface area contributed by atoms with Crippen molar-refractivity contribution in [1.29, 1.82) is 0 Å². The Kier molecular flexibility index (Phi) is 6.84. The third kappa shape index (κ3) is 5.17. The minimum atomic E-state index is -4.62. The lowest BCUT2D eigenvalue weighted by Gasteiger charge is -2.37. The van der Waals surface area contributed by atoms with Crippen LogP contribution in [-0.2, 0) is 10.0 Å². The first-order valence-electron chi connectivity index (χ1n) is 8.47. The summed E-state index contributed by atoms with van der Waals surface area (Å²) in [5.74, 6) is -2.06. The highest BCUT2D eigenvalue weighted by atomic mass is 35.5. The van der Waals surface area contributed by atoms with Crippen LogP contribution >= 0.6 is 23.2 Å². The van der Waals surface area contributed by atoms with Crippen molar-refractivity contribution in [1.82, 2.24) is 0 Å². The van der Waals surface area contributed by atoms with Gasteiger partial charge in [0.25, 0.3) is 10.0 Å². The normalized spacial score (nSPS) is 14.0. The molecule has 4 nitrogen and oxygen atoms in total. The van der Waals surface area contributed by atoms with Crippen molar-refractivity contribution in [2.45, 2.75) is 43.3 Å². The van der Waals surface area contributed by atoms with Crippen LogP contribution in [0.15, 0.2) is 47.4 Å². The predicted molar refractivity (Wildman–Crippen MR) is 108 cm³/mol. The summed E-state index contributed by atoms with van der Waals surface area (Å²) in [5.41, 5.74) is -0.987. The minimum Gasteiger partial charge on any atom is -0.395 e. The van der Waals surface area contributed by atoms with E-state index >= 15 is 0 Å². The molecule has 0 aliphatic heterocycles. The molecule has 0 fully saturated rings. The van der Waals surface area contributed by atoms with Crippen LogP contribution in [0, 0.1) is 0 Å². The van der Waals surface area contributed by atoms with E-state index in [0.717, 1.165) is 16.4 Å². The van der Waals surface area contributed by atoms with Crippen LogP contribution in [0.25, 0.3) is 0 Å². The molecule has 0 radical (unpaired) electrons. The topological polar surface area (TPSA) is 57.6 Å². The number of hydrogen-bond donors (Lipinski definition) is 1. The van der Waals surface area contributed by atoms with Crippen molar-refractivity contribution in [3.63, 3.8) is 0 Å². The predicted octanol–water partition coefficient (Wildman–Crippen LogP) is 5.63. The molecule has 0 spiro atoms. The first-order valence-corrected chi connectivity index (χ1v) is 10.7. The highest BCUT2D eigenvalue weighted by Gasteiger charge is 2.41. The second kappa shape index (κ2) is 8.34. The average Bonchev–Trinajstić information content (AvgIpc) is 2.56. The van der Waals surface area contributed by atoms with Gasteiger partial charge in [-0.2, -0.15) is 13.2 Å². The van der Waals surface area contributed by atoms with Crippen molar-refractivity contribution in [3.05, 3.63) is 58.1 Å². The molecule has 0 saturated heterocycles. The number of benzene rings is 2. The molecule has 29 heavy (non-hydrogen) atoms. The van der Waals surface area contributed by atoms with E-state index in [4.69, 9.17) is 28.3 Å². The zero-order valence-corrected chi connectivity index (χ0v) is 18.2. The highest BCUT2D eigenvalue weighted by Crippen LogP contribution is 2.38. The van der Waals surface area contributed by atoms with Gasteiger partial charge in [0, 0.05) is 10.6 Å². The number of anilines is 1. The Labute approximate surface area is 177 Å². The Morgan fingerprint density at radius 3 is 2.03 bits per heavy atom. The third-order valence-corrected chi connectivity index (χ3v) is 6.94. The minimum absolute atomic E-state index is 0.0299. The molecule has 2 aromatic rings. The number of halogens is 5. The second-order valence-corrected chi connectivity index (χ2v) is 9.98. The molecule has 0 bridgehead atoms. The van der Waals surface area contributed by atoms with Crippen LogP contribution < -0.4 is 4.31 Å². The van der Waals surface area contributed by atoms with E-state index in [1.165, 1.54) is 30.3 Å². The zero-order valence-electron chi connectivity index (χ0n) is 15.8. The van der Waals surface area contributed by atoms with E-state index in [0.29, 0.717) is 0 Å². The fourth-order valence-electron chi connectivity index (χ4n) is 2.90. The van der Waals surface area contributed by atoms with E-state index in [1.807, 2.05) is 0 Å². The van der Waals surface area contributed by atoms with Gasteiger partial charge in [0.2, 0.25) is 0 Å². The molecular formula is C19H20Cl2F3NO3S. The Morgan fingerprint density at radius 1 is 1.03 bits per heavy atom. The van der Waals surface area contributed by atoms with Gasteiger partial charge >= 0.3 is 6.18 Å². The van der Waals surface area contributed by atoms with Crippen molar-refractivity contribution in [2.24, 2.45) is 0 Å². The molecule has 1 unspecified atom stereocenters. The molecule has 0 saturated carbocycles. The molecule has 1 N–H and O–H groups in total. The average molecular weight is 470 g/mol. The van der Waals surface area contributed by atoms with E-state index in [1.54, 1.807) is 20.8 Å². The number of aliphatic hydroxyl groups excluding tert-OH is 1. The summed E-state index contributed by atoms with van der Waals surface area (Å²) in [6.07, 6.45) is -4.62. The number of nitrogens with zero attached hydrogens (tertiary/aromatic N) is 1. The van der Waals surface area contributed by atoms with Crippen LogP contribution in [0.5, 0.6) is 0 Å². The maximum Gasteiger partial charge on any atom is 0.397 e. The van der Waals surface area contributed by atoms with Crippen LogP contribution in [0.2, 0.25) is 10.0 Å². The Hall–Kier alpha value is -1.48. The number of alkyl halides is 3. The maximum absolute atomic E-state index is 13.3. The second-order valence-electron chi connectivity index (χ2n) is 7.38. The summed E-state index contributed by atoms with van der Waals surface area (Å²) in [6.45, 7) is 3.82. The van der Waals surface area contributed by atoms with Gasteiger partial charge in [0.15, 0.2) is 0 Å². The molecule has 0 aliphatic rings. The van der Waals surface area contributed by atoms with Crippen molar-refractivity contribution >= 4 is 38.9 Å². The van der Waals surface area contributed by atoms with Gasteiger partial charge in [-0.25, -0.2) is 8.42 Å². The van der Waals surface area contributed by atoms with Gasteiger partial charge in [0.05, 0.1) is 17.3 Å². The lowest BCUT2D eigenvalue weighted by Crippen LogP contribution is -2.46. The Bertz CT molecular complexity index is 972. The number of aliphatic hydroxyl groups is 1. The fourth-order valence-corrected chi connectivity index (χ4v) is 5.45. The van der Waals surface area contributed by atoms with Gasteiger partial charge in [-0.05, 0) is 56.7 Å². The summed E-state index contributed by atoms with van der Waals surface area (Å²) < 4.78 is 66.9. The van der Waals surface area contributed by atoms with E-state index in [9.17, 15) is 21.6 Å². The molecule has 0 amide bonds. The van der Waals surface area contributed by atoms with Gasteiger partial charge in [-0.1, -0.05) is 35.3 Å². The van der Waals surface area contributed by atoms with Gasteiger partial charge in [-0.3, -0.25) is 4.31 Å². The van der Waals surface area contributed by atoms with Crippen LogP contribution in [0.3, 0.4) is 0 Å². The number of sulfonamides is 1. The highest BCUT2D eigenvalue weighted by molar-refractivity contribution is 7.93. The summed E-state index contributed by atoms with van der Waals surface area (Å²) in [6, 6.07) is 8.87. The van der Waals surface area contributed by atoms with Crippen LogP contribution in [0.4, 0.5) is 18.9 Å². The van der Waals surface area contributed by atoms with E-state index < -0.39 is 34.3 Å². The number of rotatable bonds is 5. The van der Waals surface area contributed by atoms with E-state index in [-0.39, 0.29) is 26.2 Å². The summed E-state index contributed by atoms with van der Waals surface area (Å²) in [7, 11) is -4.19. The zero-order chi connectivity index (χ0) is 22.2. The molecular weight excluding hydrogens is 450 g/mol. The monoisotopic (exact) mass is 469 g/mol. The SMILES string of the molecule is CC(C)(C)N(c1ccc(C(CO)C(F)(F)F)cc1)S(=O)(=O)c1cc(Cl)ccc1Cl. The first-order chi connectivity index (χ1) is 13.2. The largest absolute Gasteiger partial charge is 0.397 e. The summed E-state index contributed by atoms with van der Waals surface area (Å²) in [4.78, 5) is -0.214. The van der Waals surface area contributed by atoms with Gasteiger partial charge < -0.3 is 5.11 Å². The molecule has 0 aliphatic carbocycles. The Balaban J connectivity index is 2.59. The van der Waals surface area contributed by atoms with E-state index in [2.05, 4.69) is 0 Å². The van der Waals surface area contributed by atoms with Gasteiger partial charge in [-0.15, -0.1) is 0 Å². The first kappa shape index (κ1) is 23.8. The fraction of sp³-hybridized carbons (Fsp3) is 0.368. The molecule has 160 valence electrons. The standard InChI is InChI=1S/C19H20Cl2F3NO3S/c1-18(2,3)25(29(27,28)17-10-13(20)6-9-16(17)21)14-7-4-12(5-8-14)15(11-26)19(22,23)24/h4-10,15,26H,11H2,1-3H3. The van der Waals surface area contributed by atoms with Crippen LogP contribution in [0.1, 0.15) is 32.3 Å². The Morgan fingerprint density at radius 2 is 1.59 bits per heavy atom. The smallest absolute Gasteiger partial charge is 0.395 e. The quantitative estimate of drug-likeness (QED) is 0.617. The lowest BCUT2D eigenvalue weighted by molar-refractivity contribution is -0.158. The molecule has 0 heterocycles. The molecule has 2 aromatic carbocycles. The van der Waals surface area contributed by atoms with Crippen molar-refractivity contribution in [2.75, 3.05) is 10.9 Å². The number of hydrogen-bond acceptors (Lipinski definition) is 3. The molecule has 1 atom stereocenters. The molecule has 10 heteroatoms. The third-order valence-electron chi connectivity index (χ3n) is 4.13. The lowest BCUT2D eigenvalue weighted by atomic mass is 9.99. The van der Waals surface area contributed by atoms with Crippen LogP contribution in [-0.4, -0.2) is 31.8 Å². The molecule has 0 aromatic heterocycles. The summed E-state index contributed by atoms with van der Waals surface area (Å²) in [5, 5.41) is 9.25. The maximum atomic E-state index is 13.3. The summed E-state index contributed by atoms with van der Waals surface area (Å²) >= 11 is 12.0. The van der Waals surface area contributed by atoms with Crippen molar-refractivity contribution in [3.8, 4) is 0 Å². The van der Waals surface area contributed by atoms with Gasteiger partial charge in [0.1, 0.15) is 10.8 Å².